The van der Waals surface area contributed by atoms with Crippen molar-refractivity contribution in [3.8, 4) is 0 Å². The summed E-state index contributed by atoms with van der Waals surface area (Å²) in [5.41, 5.74) is -0.126. The molecule has 3 saturated carbocycles. The third kappa shape index (κ3) is 7.30. The number of likely N-dealkylation sites (N-methyl/N-ethyl adjacent to an activating group) is 1. The predicted octanol–water partition coefficient (Wildman–Crippen LogP) is 1.94. The van der Waals surface area contributed by atoms with E-state index in [1.807, 2.05) is 0 Å². The number of hydrogen-bond acceptors (Lipinski definition) is 7. The van der Waals surface area contributed by atoms with Crippen molar-refractivity contribution in [1.82, 2.24) is 5.32 Å². The number of carbonyl (C=O) groups excluding carboxylic acids is 3. The maximum atomic E-state index is 14.7. The van der Waals surface area contributed by atoms with Gasteiger partial charge in [-0.2, -0.15) is 0 Å². The number of ketones is 2. The summed E-state index contributed by atoms with van der Waals surface area (Å²) in [4.78, 5) is 43.7. The summed E-state index contributed by atoms with van der Waals surface area (Å²) in [7, 11) is 2.09. The highest BCUT2D eigenvalue weighted by Crippen LogP contribution is 2.62. The van der Waals surface area contributed by atoms with E-state index in [1.54, 1.807) is 0 Å². The normalized spacial score (nSPS) is 38.2. The van der Waals surface area contributed by atoms with Crippen molar-refractivity contribution in [2.45, 2.75) is 140 Å². The van der Waals surface area contributed by atoms with Crippen LogP contribution in [0.2, 0.25) is 0 Å². The molecule has 10 nitrogen and oxygen atoms in total. The fraction of sp³-hybridized carbons (Fsp3) is 0.791. The Bertz CT molecular complexity index is 1470. The molecule has 0 aromatic heterocycles. The maximum Gasteiger partial charge on any atom is 0.350 e. The average molecular weight is 738 g/mol. The number of esters is 1. The van der Waals surface area contributed by atoms with Crippen LogP contribution in [0.15, 0.2) is 34.9 Å². The highest BCUT2D eigenvalue weighted by atomic mass is 16.7. The molecule has 0 aromatic carbocycles. The van der Waals surface area contributed by atoms with Crippen LogP contribution in [-0.4, -0.2) is 86.1 Å². The van der Waals surface area contributed by atoms with Gasteiger partial charge in [0.1, 0.15) is 25.5 Å². The number of fused-ring (bicyclic) bond motifs is 3. The molecule has 7 aliphatic rings. The molecule has 10 heteroatoms. The van der Waals surface area contributed by atoms with Gasteiger partial charge in [0.05, 0.1) is 26.7 Å². The van der Waals surface area contributed by atoms with Gasteiger partial charge in [-0.1, -0.05) is 49.8 Å². The van der Waals surface area contributed by atoms with E-state index < -0.39 is 29.0 Å². The summed E-state index contributed by atoms with van der Waals surface area (Å²) < 4.78 is 12.6. The molecule has 0 bridgehead atoms. The molecule has 8 N–H and O–H groups in total. The zero-order chi connectivity index (χ0) is 37.2. The number of quaternary nitrogens is 3. The first-order valence-electron chi connectivity index (χ1n) is 21.5. The number of epoxide rings is 1. The van der Waals surface area contributed by atoms with Crippen molar-refractivity contribution >= 4 is 17.5 Å². The molecule has 2 saturated heterocycles. The van der Waals surface area contributed by atoms with Crippen LogP contribution in [0.3, 0.4) is 0 Å². The molecule has 0 aromatic rings. The van der Waals surface area contributed by atoms with Crippen LogP contribution in [0.1, 0.15) is 117 Å². The van der Waals surface area contributed by atoms with Gasteiger partial charge in [-0.15, -0.1) is 0 Å². The van der Waals surface area contributed by atoms with Crippen molar-refractivity contribution in [3.63, 3.8) is 0 Å². The van der Waals surface area contributed by atoms with Gasteiger partial charge >= 0.3 is 5.97 Å². The molecule has 9 atom stereocenters. The third-order valence-electron chi connectivity index (χ3n) is 14.9. The molecule has 0 spiro atoms. The van der Waals surface area contributed by atoms with Gasteiger partial charge < -0.3 is 30.5 Å². The van der Waals surface area contributed by atoms with Gasteiger partial charge in [-0.3, -0.25) is 9.59 Å². The molecular weight excluding hydrogens is 668 g/mol. The number of Topliss-reactive ketones (excluding diaryl/α,β-unsaturated/α-hetero) is 2. The summed E-state index contributed by atoms with van der Waals surface area (Å²) >= 11 is 0. The Balaban J connectivity index is 1.14. The molecule has 5 aliphatic carbocycles. The van der Waals surface area contributed by atoms with Crippen LogP contribution in [0.25, 0.3) is 0 Å². The number of rotatable bonds is 14. The Labute approximate surface area is 317 Å². The van der Waals surface area contributed by atoms with Crippen molar-refractivity contribution in [2.75, 3.05) is 40.0 Å². The van der Waals surface area contributed by atoms with E-state index in [4.69, 9.17) is 9.47 Å². The minimum Gasteiger partial charge on any atom is -0.463 e. The van der Waals surface area contributed by atoms with Gasteiger partial charge in [0.15, 0.2) is 17.2 Å². The number of nitrogens with one attached hydrogen (secondary N) is 1. The van der Waals surface area contributed by atoms with Crippen molar-refractivity contribution in [1.29, 1.82) is 0 Å². The summed E-state index contributed by atoms with van der Waals surface area (Å²) in [6, 6.07) is 0.187. The van der Waals surface area contributed by atoms with Gasteiger partial charge in [-0.25, -0.2) is 10.1 Å². The molecule has 2 aliphatic heterocycles. The average Bonchev–Trinajstić information content (AvgIpc) is 3.89. The number of piperidine rings is 1. The first-order chi connectivity index (χ1) is 25.7. The van der Waals surface area contributed by atoms with E-state index in [9.17, 15) is 19.5 Å². The Hall–Kier alpha value is -2.21. The highest BCUT2D eigenvalue weighted by molar-refractivity contribution is 6.23. The van der Waals surface area contributed by atoms with Crippen LogP contribution < -0.4 is 21.3 Å². The molecule has 7 rings (SSSR count). The van der Waals surface area contributed by atoms with E-state index >= 15 is 0 Å². The lowest BCUT2D eigenvalue weighted by molar-refractivity contribution is -0.717. The number of ether oxygens (including phenoxy) is 2. The fourth-order valence-electron chi connectivity index (χ4n) is 12.0. The molecule has 0 amide bonds. The van der Waals surface area contributed by atoms with Gasteiger partial charge in [0.2, 0.25) is 0 Å². The van der Waals surface area contributed by atoms with Crippen LogP contribution in [0.4, 0.5) is 0 Å². The smallest absolute Gasteiger partial charge is 0.350 e. The van der Waals surface area contributed by atoms with E-state index in [0.717, 1.165) is 75.9 Å². The van der Waals surface area contributed by atoms with Gasteiger partial charge in [0.25, 0.3) is 5.60 Å². The number of nitrogens with two attached hydrogens (primary N) is 3. The monoisotopic (exact) mass is 738 g/mol. The number of aliphatic hydroxyl groups excluding tert-OH is 1. The van der Waals surface area contributed by atoms with Crippen LogP contribution in [0.5, 0.6) is 0 Å². The number of carbonyl (C=O) groups is 3. The summed E-state index contributed by atoms with van der Waals surface area (Å²) in [6.45, 7) is 7.18. The van der Waals surface area contributed by atoms with E-state index in [1.165, 1.54) is 44.1 Å². The number of hydrogen-bond donors (Lipinski definition) is 5. The van der Waals surface area contributed by atoms with Crippen molar-refractivity contribution in [2.24, 2.45) is 35.0 Å². The minimum absolute atomic E-state index is 0.0828. The molecular formula is C43H69N4O6+3. The fourth-order valence-corrected chi connectivity index (χ4v) is 12.0. The number of allylic oxidation sites excluding steroid dienone is 4. The first kappa shape index (κ1) is 39.0. The zero-order valence-corrected chi connectivity index (χ0v) is 32.8. The van der Waals surface area contributed by atoms with Crippen LogP contribution >= 0.6 is 0 Å². The lowest BCUT2D eigenvalue weighted by Crippen LogP contribution is -2.98. The second-order valence-corrected chi connectivity index (χ2v) is 18.0. The lowest BCUT2D eigenvalue weighted by atomic mass is 9.59. The Morgan fingerprint density at radius 3 is 2.55 bits per heavy atom. The van der Waals surface area contributed by atoms with Crippen LogP contribution in [0, 0.1) is 35.0 Å². The summed E-state index contributed by atoms with van der Waals surface area (Å²) in [6.07, 6.45) is 22.7. The van der Waals surface area contributed by atoms with Crippen molar-refractivity contribution < 1.29 is 44.9 Å². The third-order valence-corrected chi connectivity index (χ3v) is 14.9. The minimum atomic E-state index is -1.91. The molecule has 0 radical (unpaired) electrons. The van der Waals surface area contributed by atoms with Crippen LogP contribution in [-0.2, 0) is 23.9 Å². The Kier molecular flexibility index (Phi) is 12.1. The number of aliphatic hydroxyl groups is 1. The standard InChI is InChI=1S/C43H66N4O6/c1-4-45-36-21-30-13-7-6-12-29(30)20-31(36)26-52-40(51)43-39(50)35-15-9-8-14-34(35)38(49)42(43,53-43)24-32(25-48)28(2)23-41(17-10-5-11-18-41)33-16-19-46-37(22-33)47-27-44-3/h7,13,21,29,31,33-37,44-48H,4-6,8-12,14-20,22-27H2,1-3H3/p+3/t29-,31-,33?,34?,35?,36-,37?,42-,43-/m0/s1. The molecule has 53 heavy (non-hydrogen) atoms. The molecule has 4 unspecified atom stereocenters. The SMILES string of the molecule is CC[NH2+][C@H]1C=C2C=CCC[C@H]2C[C@H]1COC(=O)[C@]12O[C@@]1(CC(CO)=C(C)CC1(C3CC[NH2+]C(NC[NH2+]C)C3)CCCCC1)C(=O)C1CCCCC1C2=O. The highest BCUT2D eigenvalue weighted by Gasteiger charge is 2.87. The maximum absolute atomic E-state index is 14.7. The zero-order valence-electron chi connectivity index (χ0n) is 32.8. The van der Waals surface area contributed by atoms with E-state index in [0.29, 0.717) is 30.8 Å². The topological polar surface area (TPSA) is 155 Å². The van der Waals surface area contributed by atoms with Crippen molar-refractivity contribution in [3.05, 3.63) is 34.9 Å². The van der Waals surface area contributed by atoms with E-state index in [2.05, 4.69) is 60.4 Å². The largest absolute Gasteiger partial charge is 0.463 e. The molecule has 2 heterocycles. The Morgan fingerprint density at radius 1 is 1.04 bits per heavy atom. The van der Waals surface area contributed by atoms with Gasteiger partial charge in [-0.05, 0) is 99.7 Å². The summed E-state index contributed by atoms with van der Waals surface area (Å²) in [5.74, 6) is -0.848. The Morgan fingerprint density at radius 2 is 1.81 bits per heavy atom. The second-order valence-electron chi connectivity index (χ2n) is 18.0. The van der Waals surface area contributed by atoms with E-state index in [-0.39, 0.29) is 48.6 Å². The van der Waals surface area contributed by atoms with Gasteiger partial charge in [0, 0.05) is 37.0 Å². The molecule has 5 fully saturated rings. The second kappa shape index (κ2) is 16.5. The summed E-state index contributed by atoms with van der Waals surface area (Å²) in [5, 5.41) is 21.7. The lowest BCUT2D eigenvalue weighted by Gasteiger charge is -2.47. The quantitative estimate of drug-likeness (QED) is 0.0601. The molecule has 294 valence electrons. The first-order valence-corrected chi connectivity index (χ1v) is 21.5. The predicted molar refractivity (Wildman–Crippen MR) is 201 cm³/mol.